The van der Waals surface area contributed by atoms with E-state index in [0.29, 0.717) is 12.4 Å². The van der Waals surface area contributed by atoms with E-state index in [1.165, 1.54) is 5.56 Å². The number of benzene rings is 1. The number of carbonyl (C=O) groups excluding carboxylic acids is 1. The minimum atomic E-state index is -1.05. The van der Waals surface area contributed by atoms with Gasteiger partial charge in [0.2, 0.25) is 5.91 Å². The first-order chi connectivity index (χ1) is 9.56. The first kappa shape index (κ1) is 14.8. The number of rotatable bonds is 8. The van der Waals surface area contributed by atoms with Gasteiger partial charge in [-0.25, -0.2) is 0 Å². The van der Waals surface area contributed by atoms with Gasteiger partial charge >= 0.3 is 0 Å². The molecule has 20 heavy (non-hydrogen) atoms. The number of hydrogen-bond donors (Lipinski definition) is 2. The third-order valence-corrected chi connectivity index (χ3v) is 3.76. The van der Waals surface area contributed by atoms with Crippen LogP contribution in [0.3, 0.4) is 0 Å². The van der Waals surface area contributed by atoms with Crippen molar-refractivity contribution in [3.63, 3.8) is 0 Å². The Morgan fingerprint density at radius 1 is 1.35 bits per heavy atom. The predicted molar refractivity (Wildman–Crippen MR) is 76.4 cm³/mol. The van der Waals surface area contributed by atoms with Gasteiger partial charge in [-0.05, 0) is 42.9 Å². The highest BCUT2D eigenvalue weighted by molar-refractivity contribution is 5.85. The molecule has 110 valence electrons. The molecule has 1 amide bonds. The van der Waals surface area contributed by atoms with Crippen molar-refractivity contribution in [2.24, 2.45) is 17.4 Å². The van der Waals surface area contributed by atoms with Gasteiger partial charge in [-0.2, -0.15) is 0 Å². The van der Waals surface area contributed by atoms with Crippen molar-refractivity contribution in [1.29, 1.82) is 0 Å². The summed E-state index contributed by atoms with van der Waals surface area (Å²) >= 11 is 0. The molecule has 1 saturated carbocycles. The average molecular weight is 278 g/mol. The topological polar surface area (TPSA) is 87.6 Å². The average Bonchev–Trinajstić information content (AvgIpc) is 3.28. The molecule has 1 aliphatic carbocycles. The molecule has 1 unspecified atom stereocenters. The molecule has 4 N–H and O–H groups in total. The number of amides is 1. The van der Waals surface area contributed by atoms with E-state index >= 15 is 0 Å². The molecule has 1 aliphatic rings. The summed E-state index contributed by atoms with van der Waals surface area (Å²) in [6.07, 6.45) is 2.75. The molecule has 1 atom stereocenters. The van der Waals surface area contributed by atoms with Crippen LogP contribution in [0.1, 0.15) is 18.4 Å². The highest BCUT2D eigenvalue weighted by atomic mass is 16.5. The molecule has 1 fully saturated rings. The van der Waals surface area contributed by atoms with Gasteiger partial charge in [0, 0.05) is 7.11 Å². The molecule has 0 spiro atoms. The maximum absolute atomic E-state index is 11.5. The monoisotopic (exact) mass is 278 g/mol. The van der Waals surface area contributed by atoms with Crippen LogP contribution < -0.4 is 16.2 Å². The van der Waals surface area contributed by atoms with E-state index in [4.69, 9.17) is 20.9 Å². The quantitative estimate of drug-likeness (QED) is 0.738. The summed E-state index contributed by atoms with van der Waals surface area (Å²) in [5.74, 6) is 0.362. The van der Waals surface area contributed by atoms with E-state index in [0.717, 1.165) is 19.3 Å². The van der Waals surface area contributed by atoms with Crippen molar-refractivity contribution in [3.05, 3.63) is 29.8 Å². The lowest BCUT2D eigenvalue weighted by Crippen LogP contribution is -2.58. The summed E-state index contributed by atoms with van der Waals surface area (Å²) in [5.41, 5.74) is 11.6. The minimum Gasteiger partial charge on any atom is -0.491 e. The van der Waals surface area contributed by atoms with Crippen LogP contribution in [0.15, 0.2) is 24.3 Å². The van der Waals surface area contributed by atoms with E-state index in [1.807, 2.05) is 24.3 Å². The van der Waals surface area contributed by atoms with E-state index < -0.39 is 11.4 Å². The van der Waals surface area contributed by atoms with E-state index in [-0.39, 0.29) is 12.5 Å². The van der Waals surface area contributed by atoms with Crippen LogP contribution in [-0.2, 0) is 16.0 Å². The third kappa shape index (κ3) is 3.49. The third-order valence-electron chi connectivity index (χ3n) is 3.76. The van der Waals surface area contributed by atoms with Gasteiger partial charge in [-0.3, -0.25) is 4.79 Å². The summed E-state index contributed by atoms with van der Waals surface area (Å²) in [4.78, 5) is 11.5. The molecule has 0 saturated heterocycles. The Bertz CT molecular complexity index is 457. The minimum absolute atomic E-state index is 0.129. The fourth-order valence-electron chi connectivity index (χ4n) is 2.16. The fraction of sp³-hybridized carbons (Fsp3) is 0.533. The number of primary amides is 1. The van der Waals surface area contributed by atoms with Crippen molar-refractivity contribution in [1.82, 2.24) is 0 Å². The lowest BCUT2D eigenvalue weighted by molar-refractivity contribution is -0.125. The summed E-state index contributed by atoms with van der Waals surface area (Å²) in [7, 11) is 1.68. The van der Waals surface area contributed by atoms with Gasteiger partial charge in [0.15, 0.2) is 0 Å². The number of hydrogen-bond acceptors (Lipinski definition) is 4. The molecular weight excluding hydrogens is 256 g/mol. The van der Waals surface area contributed by atoms with E-state index in [1.54, 1.807) is 7.11 Å². The van der Waals surface area contributed by atoms with Crippen LogP contribution in [0.25, 0.3) is 0 Å². The van der Waals surface area contributed by atoms with Crippen molar-refractivity contribution in [2.45, 2.75) is 24.8 Å². The Labute approximate surface area is 119 Å². The molecule has 1 aromatic rings. The van der Waals surface area contributed by atoms with Gasteiger partial charge in [0.25, 0.3) is 0 Å². The largest absolute Gasteiger partial charge is 0.491 e. The van der Waals surface area contributed by atoms with Gasteiger partial charge in [-0.1, -0.05) is 12.1 Å². The Balaban J connectivity index is 1.91. The van der Waals surface area contributed by atoms with E-state index in [9.17, 15) is 4.79 Å². The summed E-state index contributed by atoms with van der Waals surface area (Å²) < 4.78 is 10.7. The highest BCUT2D eigenvalue weighted by Gasteiger charge is 2.47. The zero-order valence-corrected chi connectivity index (χ0v) is 11.8. The Hall–Kier alpha value is -1.59. The standard InChI is InChI=1S/C15H22N2O3/c1-19-9-8-11-2-6-13(7-3-11)20-10-15(17,14(16)18)12-4-5-12/h2-3,6-7,12H,4-5,8-10,17H2,1H3,(H2,16,18). The lowest BCUT2D eigenvalue weighted by atomic mass is 9.95. The normalized spacial score (nSPS) is 17.5. The second-order valence-corrected chi connectivity index (χ2v) is 5.35. The Kier molecular flexibility index (Phi) is 4.62. The Morgan fingerprint density at radius 2 is 2.00 bits per heavy atom. The molecule has 2 rings (SSSR count). The molecule has 0 radical (unpaired) electrons. The van der Waals surface area contributed by atoms with Crippen LogP contribution in [0.4, 0.5) is 0 Å². The number of carbonyl (C=O) groups is 1. The second kappa shape index (κ2) is 6.24. The zero-order valence-electron chi connectivity index (χ0n) is 11.8. The summed E-state index contributed by atoms with van der Waals surface area (Å²) in [5, 5.41) is 0. The lowest BCUT2D eigenvalue weighted by Gasteiger charge is -2.25. The first-order valence-electron chi connectivity index (χ1n) is 6.85. The van der Waals surface area contributed by atoms with Crippen molar-refractivity contribution >= 4 is 5.91 Å². The molecule has 0 heterocycles. The van der Waals surface area contributed by atoms with Crippen LogP contribution in [0, 0.1) is 5.92 Å². The van der Waals surface area contributed by atoms with Crippen LogP contribution >= 0.6 is 0 Å². The molecular formula is C15H22N2O3. The first-order valence-corrected chi connectivity index (χ1v) is 6.85. The number of nitrogens with two attached hydrogens (primary N) is 2. The molecule has 5 heteroatoms. The highest BCUT2D eigenvalue weighted by Crippen LogP contribution is 2.38. The molecule has 0 aromatic heterocycles. The smallest absolute Gasteiger partial charge is 0.241 e. The van der Waals surface area contributed by atoms with Gasteiger partial charge in [-0.15, -0.1) is 0 Å². The van der Waals surface area contributed by atoms with E-state index in [2.05, 4.69) is 0 Å². The second-order valence-electron chi connectivity index (χ2n) is 5.35. The molecule has 0 bridgehead atoms. The van der Waals surface area contributed by atoms with Crippen LogP contribution in [0.2, 0.25) is 0 Å². The fourth-order valence-corrected chi connectivity index (χ4v) is 2.16. The van der Waals surface area contributed by atoms with Crippen molar-refractivity contribution in [2.75, 3.05) is 20.3 Å². The number of methoxy groups -OCH3 is 1. The van der Waals surface area contributed by atoms with Gasteiger partial charge in [0.1, 0.15) is 17.9 Å². The maximum Gasteiger partial charge on any atom is 0.241 e. The summed E-state index contributed by atoms with van der Waals surface area (Å²) in [6.45, 7) is 0.819. The predicted octanol–water partition coefficient (Wildman–Crippen LogP) is 0.847. The van der Waals surface area contributed by atoms with Gasteiger partial charge < -0.3 is 20.9 Å². The number of ether oxygens (including phenoxy) is 2. The molecule has 5 nitrogen and oxygen atoms in total. The SMILES string of the molecule is COCCc1ccc(OCC(N)(C(N)=O)C2CC2)cc1. The molecule has 1 aromatic carbocycles. The van der Waals surface area contributed by atoms with Crippen molar-refractivity contribution < 1.29 is 14.3 Å². The maximum atomic E-state index is 11.5. The Morgan fingerprint density at radius 3 is 2.50 bits per heavy atom. The zero-order chi connectivity index (χ0) is 14.6. The van der Waals surface area contributed by atoms with Gasteiger partial charge in [0.05, 0.1) is 6.61 Å². The molecule has 0 aliphatic heterocycles. The van der Waals surface area contributed by atoms with Crippen LogP contribution in [-0.4, -0.2) is 31.8 Å². The summed E-state index contributed by atoms with van der Waals surface area (Å²) in [6, 6.07) is 7.71. The van der Waals surface area contributed by atoms with Crippen LogP contribution in [0.5, 0.6) is 5.75 Å². The van der Waals surface area contributed by atoms with Crippen molar-refractivity contribution in [3.8, 4) is 5.75 Å².